The van der Waals surface area contributed by atoms with Crippen LogP contribution in [0.15, 0.2) is 30.7 Å². The van der Waals surface area contributed by atoms with Gasteiger partial charge in [-0.15, -0.1) is 0 Å². The Labute approximate surface area is 164 Å². The van der Waals surface area contributed by atoms with Gasteiger partial charge in [0.15, 0.2) is 0 Å². The maximum absolute atomic E-state index is 10.1. The summed E-state index contributed by atoms with van der Waals surface area (Å²) in [4.78, 5) is 17.4. The van der Waals surface area contributed by atoms with Gasteiger partial charge in [-0.1, -0.05) is 70.6 Å². The Hall–Kier alpha value is -2.10. The fourth-order valence-corrected chi connectivity index (χ4v) is 3.15. The molecule has 150 valence electrons. The van der Waals surface area contributed by atoms with Crippen molar-refractivity contribution in [1.29, 1.82) is 0 Å². The number of hydrogen-bond donors (Lipinski definition) is 2. The van der Waals surface area contributed by atoms with Crippen LogP contribution in [0.25, 0.3) is 0 Å². The maximum Gasteiger partial charge on any atom is 0.303 e. The van der Waals surface area contributed by atoms with Crippen LogP contribution in [0, 0.1) is 13.8 Å². The number of hydrogen-bond acceptors (Lipinski definition) is 2. The van der Waals surface area contributed by atoms with E-state index in [4.69, 9.17) is 5.11 Å². The summed E-state index contributed by atoms with van der Waals surface area (Å²) in [7, 11) is 0. The lowest BCUT2D eigenvalue weighted by Crippen LogP contribution is -2.00. The smallest absolute Gasteiger partial charge is 0.303 e. The molecule has 4 nitrogen and oxygen atoms in total. The Morgan fingerprint density at radius 2 is 1.78 bits per heavy atom. The van der Waals surface area contributed by atoms with Crippen LogP contribution in [-0.4, -0.2) is 21.0 Å². The zero-order chi connectivity index (χ0) is 20.1. The molecule has 0 bridgehead atoms. The number of aromatic amines is 1. The summed E-state index contributed by atoms with van der Waals surface area (Å²) in [6.45, 7) is 8.73. The summed E-state index contributed by atoms with van der Waals surface area (Å²) in [5.74, 6) is -0.282. The van der Waals surface area contributed by atoms with E-state index >= 15 is 0 Å². The van der Waals surface area contributed by atoms with Crippen molar-refractivity contribution >= 4 is 5.97 Å². The van der Waals surface area contributed by atoms with Gasteiger partial charge in [0.05, 0.1) is 6.33 Å². The lowest BCUT2D eigenvalue weighted by molar-refractivity contribution is -0.137. The van der Waals surface area contributed by atoms with Crippen molar-refractivity contribution in [2.45, 2.75) is 85.0 Å². The first kappa shape index (κ1) is 22.9. The second-order valence-electron chi connectivity index (χ2n) is 7.28. The number of rotatable bonds is 10. The number of H-pyrrole nitrogens is 1. The average molecular weight is 373 g/mol. The summed E-state index contributed by atoms with van der Waals surface area (Å²) < 4.78 is 0. The molecule has 0 radical (unpaired) electrons. The number of aryl methyl sites for hydroxylation is 1. The lowest BCUT2D eigenvalue weighted by Gasteiger charge is -2.14. The largest absolute Gasteiger partial charge is 0.481 e. The van der Waals surface area contributed by atoms with Gasteiger partial charge in [0.2, 0.25) is 0 Å². The summed E-state index contributed by atoms with van der Waals surface area (Å²) >= 11 is 0. The summed E-state index contributed by atoms with van der Waals surface area (Å²) in [6, 6.07) is 6.46. The molecule has 2 N–H and O–H groups in total. The molecule has 0 amide bonds. The Morgan fingerprint density at radius 1 is 1.11 bits per heavy atom. The van der Waals surface area contributed by atoms with Crippen molar-refractivity contribution in [3.63, 3.8) is 0 Å². The van der Waals surface area contributed by atoms with Crippen molar-refractivity contribution in [3.05, 3.63) is 53.1 Å². The number of carbonyl (C=O) groups is 1. The van der Waals surface area contributed by atoms with E-state index in [2.05, 4.69) is 55.9 Å². The highest BCUT2D eigenvalue weighted by molar-refractivity contribution is 5.66. The fraction of sp³-hybridized carbons (Fsp3) is 0.565. The minimum Gasteiger partial charge on any atom is -0.481 e. The number of unbranched alkanes of at least 4 members (excludes halogenated alkanes) is 6. The number of carboxylic acid groups (broad SMARTS) is 1. The number of aliphatic carboxylic acids is 1. The standard InChI is InChI=1S/C13H16N2.C10H20O2/c1-9-5-4-6-12(10(9)2)11(3)13-7-14-8-15-13;1-2-3-4-5-6-7-8-9-10(11)12/h4-8,11H,1-3H3,(H,14,15);2-9H2,1H3,(H,11,12). The molecular weight excluding hydrogens is 336 g/mol. The van der Waals surface area contributed by atoms with E-state index < -0.39 is 5.97 Å². The molecule has 0 aliphatic carbocycles. The molecule has 0 saturated carbocycles. The summed E-state index contributed by atoms with van der Waals surface area (Å²) in [6.07, 6.45) is 12.3. The van der Waals surface area contributed by atoms with Gasteiger partial charge in [0.1, 0.15) is 0 Å². The predicted octanol–water partition coefficient (Wildman–Crippen LogP) is 6.39. The van der Waals surface area contributed by atoms with Crippen LogP contribution in [0.2, 0.25) is 0 Å². The van der Waals surface area contributed by atoms with Gasteiger partial charge >= 0.3 is 5.97 Å². The number of benzene rings is 1. The third-order valence-corrected chi connectivity index (χ3v) is 5.09. The van der Waals surface area contributed by atoms with Crippen LogP contribution >= 0.6 is 0 Å². The lowest BCUT2D eigenvalue weighted by atomic mass is 9.92. The van der Waals surface area contributed by atoms with Gasteiger partial charge in [0.25, 0.3) is 0 Å². The third-order valence-electron chi connectivity index (χ3n) is 5.09. The Bertz CT molecular complexity index is 650. The maximum atomic E-state index is 10.1. The number of nitrogens with one attached hydrogen (secondary N) is 1. The topological polar surface area (TPSA) is 66.0 Å². The van der Waals surface area contributed by atoms with Crippen LogP contribution in [-0.2, 0) is 4.79 Å². The summed E-state index contributed by atoms with van der Waals surface area (Å²) in [5, 5.41) is 8.35. The molecule has 1 heterocycles. The molecule has 27 heavy (non-hydrogen) atoms. The predicted molar refractivity (Wildman–Crippen MR) is 112 cm³/mol. The van der Waals surface area contributed by atoms with Crippen molar-refractivity contribution in [2.75, 3.05) is 0 Å². The molecule has 4 heteroatoms. The number of imidazole rings is 1. The molecule has 1 aromatic carbocycles. The Kier molecular flexibility index (Phi) is 11.2. The second-order valence-corrected chi connectivity index (χ2v) is 7.28. The highest BCUT2D eigenvalue weighted by Gasteiger charge is 2.12. The molecule has 0 aliphatic rings. The third kappa shape index (κ3) is 8.89. The highest BCUT2D eigenvalue weighted by atomic mass is 16.4. The zero-order valence-corrected chi connectivity index (χ0v) is 17.4. The van der Waals surface area contributed by atoms with Crippen LogP contribution < -0.4 is 0 Å². The minimum absolute atomic E-state index is 0.341. The SMILES string of the molecule is CCCCCCCCCC(=O)O.Cc1cccc(C(C)c2cnc[nH]2)c1C. The summed E-state index contributed by atoms with van der Waals surface area (Å²) in [5.41, 5.74) is 5.27. The normalized spacial score (nSPS) is 11.6. The molecular formula is C23H36N2O2. The molecule has 0 saturated heterocycles. The average Bonchev–Trinajstić information content (AvgIpc) is 3.18. The second kappa shape index (κ2) is 13.1. The van der Waals surface area contributed by atoms with E-state index in [1.807, 2.05) is 6.20 Å². The van der Waals surface area contributed by atoms with Crippen molar-refractivity contribution < 1.29 is 9.90 Å². The molecule has 0 aliphatic heterocycles. The number of aromatic nitrogens is 2. The number of carboxylic acids is 1. The monoisotopic (exact) mass is 372 g/mol. The fourth-order valence-electron chi connectivity index (χ4n) is 3.15. The van der Waals surface area contributed by atoms with Crippen LogP contribution in [0.4, 0.5) is 0 Å². The van der Waals surface area contributed by atoms with Gasteiger partial charge in [-0.25, -0.2) is 4.98 Å². The van der Waals surface area contributed by atoms with Gasteiger partial charge in [-0.2, -0.15) is 0 Å². The highest BCUT2D eigenvalue weighted by Crippen LogP contribution is 2.26. The Balaban J connectivity index is 0.000000279. The van der Waals surface area contributed by atoms with Crippen molar-refractivity contribution in [1.82, 2.24) is 9.97 Å². The van der Waals surface area contributed by atoms with E-state index in [-0.39, 0.29) is 0 Å². The van der Waals surface area contributed by atoms with Crippen molar-refractivity contribution in [2.24, 2.45) is 0 Å². The van der Waals surface area contributed by atoms with Gasteiger partial charge in [0, 0.05) is 24.2 Å². The number of nitrogens with zero attached hydrogens (tertiary/aromatic N) is 1. The van der Waals surface area contributed by atoms with E-state index in [0.717, 1.165) is 12.8 Å². The molecule has 2 aromatic rings. The first-order chi connectivity index (χ1) is 13.0. The molecule has 1 aromatic heterocycles. The van der Waals surface area contributed by atoms with Crippen LogP contribution in [0.3, 0.4) is 0 Å². The molecule has 0 fully saturated rings. The van der Waals surface area contributed by atoms with E-state index in [1.165, 1.54) is 54.5 Å². The molecule has 1 atom stereocenters. The Morgan fingerprint density at radius 3 is 2.37 bits per heavy atom. The van der Waals surface area contributed by atoms with Crippen molar-refractivity contribution in [3.8, 4) is 0 Å². The van der Waals surface area contributed by atoms with Crippen LogP contribution in [0.5, 0.6) is 0 Å². The van der Waals surface area contributed by atoms with Gasteiger partial charge in [-0.05, 0) is 37.0 Å². The van der Waals surface area contributed by atoms with E-state index in [0.29, 0.717) is 12.3 Å². The van der Waals surface area contributed by atoms with Gasteiger partial charge in [-0.3, -0.25) is 4.79 Å². The quantitative estimate of drug-likeness (QED) is 0.475. The molecule has 2 rings (SSSR count). The molecule has 0 spiro atoms. The molecule has 1 unspecified atom stereocenters. The van der Waals surface area contributed by atoms with Gasteiger partial charge < -0.3 is 10.1 Å². The minimum atomic E-state index is -0.663. The van der Waals surface area contributed by atoms with Crippen LogP contribution in [0.1, 0.15) is 93.5 Å². The first-order valence-corrected chi connectivity index (χ1v) is 10.2. The zero-order valence-electron chi connectivity index (χ0n) is 17.4. The van der Waals surface area contributed by atoms with E-state index in [9.17, 15) is 4.79 Å². The van der Waals surface area contributed by atoms with E-state index in [1.54, 1.807) is 6.33 Å². The first-order valence-electron chi connectivity index (χ1n) is 10.2.